The van der Waals surface area contributed by atoms with E-state index in [-0.39, 0.29) is 6.54 Å². The molecule has 1 rings (SSSR count). The number of aryl methyl sites for hydroxylation is 2. The Balaban J connectivity index is 2.89. The fourth-order valence-corrected chi connectivity index (χ4v) is 1.35. The second kappa shape index (κ2) is 4.39. The minimum Gasteiger partial charge on any atom is -0.385 e. The van der Waals surface area contributed by atoms with E-state index < -0.39 is 6.10 Å². The molecule has 0 fully saturated rings. The van der Waals surface area contributed by atoms with Gasteiger partial charge >= 0.3 is 0 Å². The van der Waals surface area contributed by atoms with Crippen molar-refractivity contribution in [3.05, 3.63) is 17.5 Å². The molecule has 1 atom stereocenters. The molecule has 13 heavy (non-hydrogen) atoms. The summed E-state index contributed by atoms with van der Waals surface area (Å²) in [7, 11) is 0. The zero-order valence-electron chi connectivity index (χ0n) is 8.20. The first-order valence-corrected chi connectivity index (χ1v) is 4.61. The Morgan fingerprint density at radius 1 is 1.69 bits per heavy atom. The molecule has 0 aliphatic rings. The third-order valence-corrected chi connectivity index (χ3v) is 1.93. The van der Waals surface area contributed by atoms with Crippen molar-refractivity contribution in [1.29, 1.82) is 0 Å². The van der Waals surface area contributed by atoms with Gasteiger partial charge in [0.15, 0.2) is 0 Å². The van der Waals surface area contributed by atoms with E-state index >= 15 is 0 Å². The Hall–Kier alpha value is -0.870. The van der Waals surface area contributed by atoms with E-state index in [1.165, 1.54) is 0 Å². The molecule has 0 saturated heterocycles. The molecule has 1 aromatic heterocycles. The molecule has 4 heteroatoms. The van der Waals surface area contributed by atoms with Gasteiger partial charge < -0.3 is 10.8 Å². The lowest BCUT2D eigenvalue weighted by molar-refractivity contribution is 0.174. The lowest BCUT2D eigenvalue weighted by Gasteiger charge is -2.09. The van der Waals surface area contributed by atoms with Crippen molar-refractivity contribution >= 4 is 0 Å². The zero-order valence-corrected chi connectivity index (χ0v) is 8.20. The van der Waals surface area contributed by atoms with Gasteiger partial charge in [-0.05, 0) is 19.4 Å². The summed E-state index contributed by atoms with van der Waals surface area (Å²) in [6, 6.07) is 1.88. The van der Waals surface area contributed by atoms with Gasteiger partial charge in [-0.25, -0.2) is 0 Å². The highest BCUT2D eigenvalue weighted by atomic mass is 16.3. The largest absolute Gasteiger partial charge is 0.385 e. The van der Waals surface area contributed by atoms with Crippen LogP contribution in [0.25, 0.3) is 0 Å². The molecular formula is C9H17N3O. The number of hydrogen-bond donors (Lipinski definition) is 2. The zero-order chi connectivity index (χ0) is 9.84. The van der Waals surface area contributed by atoms with Gasteiger partial charge in [-0.3, -0.25) is 4.68 Å². The normalized spacial score (nSPS) is 13.2. The maximum Gasteiger partial charge on any atom is 0.108 e. The van der Waals surface area contributed by atoms with Crippen LogP contribution in [0.4, 0.5) is 0 Å². The summed E-state index contributed by atoms with van der Waals surface area (Å²) >= 11 is 0. The quantitative estimate of drug-likeness (QED) is 0.718. The molecule has 1 aromatic rings. The Morgan fingerprint density at radius 2 is 2.38 bits per heavy atom. The molecule has 1 heterocycles. The Kier molecular flexibility index (Phi) is 3.45. The van der Waals surface area contributed by atoms with Crippen molar-refractivity contribution in [2.24, 2.45) is 5.73 Å². The van der Waals surface area contributed by atoms with E-state index in [9.17, 15) is 5.11 Å². The van der Waals surface area contributed by atoms with Crippen molar-refractivity contribution in [1.82, 2.24) is 9.78 Å². The molecule has 0 aliphatic carbocycles. The first-order valence-electron chi connectivity index (χ1n) is 4.61. The lowest BCUT2D eigenvalue weighted by Crippen LogP contribution is -2.16. The molecule has 74 valence electrons. The van der Waals surface area contributed by atoms with Gasteiger partial charge in [0.1, 0.15) is 6.10 Å². The van der Waals surface area contributed by atoms with Crippen LogP contribution in [0.15, 0.2) is 6.07 Å². The summed E-state index contributed by atoms with van der Waals surface area (Å²) < 4.78 is 1.83. The molecule has 1 unspecified atom stereocenters. The van der Waals surface area contributed by atoms with Crippen LogP contribution in [-0.4, -0.2) is 21.4 Å². The average Bonchev–Trinajstić information content (AvgIpc) is 2.46. The predicted octanol–water partition coefficient (Wildman–Crippen LogP) is 0.594. The highest BCUT2D eigenvalue weighted by Gasteiger charge is 2.12. The van der Waals surface area contributed by atoms with Gasteiger partial charge in [-0.15, -0.1) is 0 Å². The summed E-state index contributed by atoms with van der Waals surface area (Å²) in [6.07, 6.45) is 0.415. The number of aliphatic hydroxyl groups is 1. The Bertz CT molecular complexity index is 270. The molecule has 0 aliphatic heterocycles. The monoisotopic (exact) mass is 183 g/mol. The van der Waals surface area contributed by atoms with Crippen LogP contribution >= 0.6 is 0 Å². The first-order chi connectivity index (χ1) is 6.19. The highest BCUT2D eigenvalue weighted by molar-refractivity contribution is 5.11. The van der Waals surface area contributed by atoms with Crippen LogP contribution in [0.3, 0.4) is 0 Å². The van der Waals surface area contributed by atoms with Crippen molar-refractivity contribution < 1.29 is 5.11 Å². The molecule has 3 N–H and O–H groups in total. The second-order valence-corrected chi connectivity index (χ2v) is 3.19. The van der Waals surface area contributed by atoms with Gasteiger partial charge in [0.25, 0.3) is 0 Å². The second-order valence-electron chi connectivity index (χ2n) is 3.19. The SMILES string of the molecule is CCCn1nc(C)cc1C(O)CN. The van der Waals surface area contributed by atoms with Crippen LogP contribution in [0.1, 0.15) is 30.8 Å². The van der Waals surface area contributed by atoms with Crippen LogP contribution < -0.4 is 5.73 Å². The third-order valence-electron chi connectivity index (χ3n) is 1.93. The van der Waals surface area contributed by atoms with Gasteiger partial charge in [0.2, 0.25) is 0 Å². The molecular weight excluding hydrogens is 166 g/mol. The molecule has 0 aromatic carbocycles. The summed E-state index contributed by atoms with van der Waals surface area (Å²) in [5, 5.41) is 13.8. The minimum absolute atomic E-state index is 0.245. The Morgan fingerprint density at radius 3 is 2.92 bits per heavy atom. The molecule has 0 radical (unpaired) electrons. The fourth-order valence-electron chi connectivity index (χ4n) is 1.35. The number of nitrogens with two attached hydrogens (primary N) is 1. The van der Waals surface area contributed by atoms with E-state index in [2.05, 4.69) is 12.0 Å². The van der Waals surface area contributed by atoms with E-state index in [1.54, 1.807) is 0 Å². The fraction of sp³-hybridized carbons (Fsp3) is 0.667. The van der Waals surface area contributed by atoms with Crippen molar-refractivity contribution in [2.75, 3.05) is 6.54 Å². The van der Waals surface area contributed by atoms with E-state index in [4.69, 9.17) is 5.73 Å². The summed E-state index contributed by atoms with van der Waals surface area (Å²) in [6.45, 7) is 5.07. The number of hydrogen-bond acceptors (Lipinski definition) is 3. The molecule has 0 bridgehead atoms. The molecule has 0 saturated carbocycles. The first kappa shape index (κ1) is 10.2. The maximum atomic E-state index is 9.56. The smallest absolute Gasteiger partial charge is 0.108 e. The predicted molar refractivity (Wildman–Crippen MR) is 51.3 cm³/mol. The topological polar surface area (TPSA) is 64.1 Å². The maximum absolute atomic E-state index is 9.56. The summed E-state index contributed by atoms with van der Waals surface area (Å²) in [5.74, 6) is 0. The van der Waals surface area contributed by atoms with Crippen LogP contribution in [-0.2, 0) is 6.54 Å². The molecule has 4 nitrogen and oxygen atoms in total. The van der Waals surface area contributed by atoms with Crippen molar-refractivity contribution in [3.63, 3.8) is 0 Å². The number of aliphatic hydroxyl groups excluding tert-OH is 1. The minimum atomic E-state index is -0.590. The number of aromatic nitrogens is 2. The number of rotatable bonds is 4. The van der Waals surface area contributed by atoms with E-state index in [1.807, 2.05) is 17.7 Å². The van der Waals surface area contributed by atoms with Gasteiger partial charge in [-0.2, -0.15) is 5.10 Å². The standard InChI is InChI=1S/C9H17N3O/c1-3-4-12-8(9(13)6-10)5-7(2)11-12/h5,9,13H,3-4,6,10H2,1-2H3. The van der Waals surface area contributed by atoms with Crippen molar-refractivity contribution in [2.45, 2.75) is 32.9 Å². The van der Waals surface area contributed by atoms with Gasteiger partial charge in [0.05, 0.1) is 11.4 Å². The van der Waals surface area contributed by atoms with Crippen molar-refractivity contribution in [3.8, 4) is 0 Å². The molecule has 0 spiro atoms. The summed E-state index contributed by atoms with van der Waals surface area (Å²) in [4.78, 5) is 0. The lowest BCUT2D eigenvalue weighted by atomic mass is 10.2. The van der Waals surface area contributed by atoms with E-state index in [0.717, 1.165) is 24.4 Å². The molecule has 0 amide bonds. The van der Waals surface area contributed by atoms with Crippen LogP contribution in [0.5, 0.6) is 0 Å². The third kappa shape index (κ3) is 2.29. The van der Waals surface area contributed by atoms with E-state index in [0.29, 0.717) is 0 Å². The number of nitrogens with zero attached hydrogens (tertiary/aromatic N) is 2. The average molecular weight is 183 g/mol. The van der Waals surface area contributed by atoms with Crippen LogP contribution in [0.2, 0.25) is 0 Å². The Labute approximate surface area is 78.4 Å². The highest BCUT2D eigenvalue weighted by Crippen LogP contribution is 2.13. The van der Waals surface area contributed by atoms with Gasteiger partial charge in [0, 0.05) is 13.1 Å². The van der Waals surface area contributed by atoms with Crippen LogP contribution in [0, 0.1) is 6.92 Å². The van der Waals surface area contributed by atoms with Gasteiger partial charge in [-0.1, -0.05) is 6.92 Å². The summed E-state index contributed by atoms with van der Waals surface area (Å²) in [5.41, 5.74) is 7.14.